The van der Waals surface area contributed by atoms with E-state index in [2.05, 4.69) is 15.9 Å². The highest BCUT2D eigenvalue weighted by Crippen LogP contribution is 2.38. The van der Waals surface area contributed by atoms with E-state index >= 15 is 0 Å². The van der Waals surface area contributed by atoms with Crippen LogP contribution in [0.25, 0.3) is 6.08 Å². The number of amides is 1. The standard InChI is InChI=1S/C21H20BrClN2O3S/c1-4-27-18-11-14(10-17-20(26)25(3)21(29)24(17)2)9-16(22)19(18)28-12-13-6-5-7-15(23)8-13/h5-11H,4,12H2,1-3H3/b17-10-. The fourth-order valence-electron chi connectivity index (χ4n) is 2.90. The lowest BCUT2D eigenvalue weighted by Crippen LogP contribution is -2.26. The van der Waals surface area contributed by atoms with Crippen molar-refractivity contribution in [3.8, 4) is 11.5 Å². The van der Waals surface area contributed by atoms with Gasteiger partial charge in [-0.1, -0.05) is 23.7 Å². The molecular weight excluding hydrogens is 476 g/mol. The second-order valence-corrected chi connectivity index (χ2v) is 8.07. The molecule has 0 saturated carbocycles. The molecule has 29 heavy (non-hydrogen) atoms. The van der Waals surface area contributed by atoms with Crippen molar-refractivity contribution < 1.29 is 14.3 Å². The van der Waals surface area contributed by atoms with Crippen molar-refractivity contribution >= 4 is 56.8 Å². The van der Waals surface area contributed by atoms with Gasteiger partial charge >= 0.3 is 0 Å². The Hall–Kier alpha value is -2.09. The van der Waals surface area contributed by atoms with Gasteiger partial charge < -0.3 is 14.4 Å². The number of hydrogen-bond acceptors (Lipinski definition) is 4. The third-order valence-electron chi connectivity index (χ3n) is 4.37. The summed E-state index contributed by atoms with van der Waals surface area (Å²) < 4.78 is 12.5. The summed E-state index contributed by atoms with van der Waals surface area (Å²) >= 11 is 14.9. The molecule has 0 spiro atoms. The lowest BCUT2D eigenvalue weighted by Gasteiger charge is -2.15. The minimum absolute atomic E-state index is 0.145. The van der Waals surface area contributed by atoms with Crippen LogP contribution < -0.4 is 9.47 Å². The van der Waals surface area contributed by atoms with E-state index in [-0.39, 0.29) is 5.91 Å². The molecule has 0 aromatic heterocycles. The predicted molar refractivity (Wildman–Crippen MR) is 122 cm³/mol. The molecule has 1 aliphatic heterocycles. The van der Waals surface area contributed by atoms with Crippen molar-refractivity contribution in [1.82, 2.24) is 9.80 Å². The Morgan fingerprint density at radius 1 is 1.17 bits per heavy atom. The molecule has 2 aromatic carbocycles. The Bertz CT molecular complexity index is 996. The number of likely N-dealkylation sites (N-methyl/N-ethyl adjacent to an activating group) is 2. The average molecular weight is 496 g/mol. The minimum atomic E-state index is -0.145. The van der Waals surface area contributed by atoms with Crippen molar-refractivity contribution in [2.75, 3.05) is 20.7 Å². The third-order valence-corrected chi connectivity index (χ3v) is 5.74. The molecule has 5 nitrogen and oxygen atoms in total. The van der Waals surface area contributed by atoms with Gasteiger partial charge in [-0.25, -0.2) is 0 Å². The summed E-state index contributed by atoms with van der Waals surface area (Å²) in [7, 11) is 3.44. The zero-order valence-corrected chi connectivity index (χ0v) is 19.4. The van der Waals surface area contributed by atoms with Crippen LogP contribution in [-0.4, -0.2) is 41.5 Å². The fourth-order valence-corrected chi connectivity index (χ4v) is 3.87. The van der Waals surface area contributed by atoms with E-state index in [4.69, 9.17) is 33.3 Å². The van der Waals surface area contributed by atoms with Gasteiger partial charge in [0.25, 0.3) is 5.91 Å². The highest BCUT2D eigenvalue weighted by Gasteiger charge is 2.32. The summed E-state index contributed by atoms with van der Waals surface area (Å²) in [5.74, 6) is 1.03. The van der Waals surface area contributed by atoms with Crippen LogP contribution in [0.15, 0.2) is 46.6 Å². The lowest BCUT2D eigenvalue weighted by atomic mass is 10.1. The molecule has 2 aromatic rings. The maximum atomic E-state index is 12.4. The fraction of sp³-hybridized carbons (Fsp3) is 0.238. The SMILES string of the molecule is CCOc1cc(/C=C2/C(=O)N(C)C(=S)N2C)cc(Br)c1OCc1cccc(Cl)c1. The molecule has 1 heterocycles. The van der Waals surface area contributed by atoms with Crippen LogP contribution >= 0.6 is 39.7 Å². The second-order valence-electron chi connectivity index (χ2n) is 6.42. The smallest absolute Gasteiger partial charge is 0.276 e. The zero-order chi connectivity index (χ0) is 21.1. The Kier molecular flexibility index (Phi) is 6.82. The van der Waals surface area contributed by atoms with E-state index in [1.165, 1.54) is 4.90 Å². The molecule has 1 amide bonds. The van der Waals surface area contributed by atoms with E-state index < -0.39 is 0 Å². The average Bonchev–Trinajstić information content (AvgIpc) is 2.85. The Morgan fingerprint density at radius 2 is 1.93 bits per heavy atom. The molecule has 0 atom stereocenters. The number of rotatable bonds is 6. The number of ether oxygens (including phenoxy) is 2. The second kappa shape index (κ2) is 9.15. The van der Waals surface area contributed by atoms with Gasteiger partial charge in [0, 0.05) is 19.1 Å². The Labute approximate surface area is 189 Å². The molecule has 0 radical (unpaired) electrons. The summed E-state index contributed by atoms with van der Waals surface area (Å²) in [5.41, 5.74) is 2.25. The number of carbonyl (C=O) groups is 1. The topological polar surface area (TPSA) is 42.0 Å². The summed E-state index contributed by atoms with van der Waals surface area (Å²) in [4.78, 5) is 15.6. The van der Waals surface area contributed by atoms with Crippen molar-refractivity contribution in [3.05, 3.63) is 62.7 Å². The quantitative estimate of drug-likeness (QED) is 0.411. The van der Waals surface area contributed by atoms with Crippen LogP contribution in [0.2, 0.25) is 5.02 Å². The van der Waals surface area contributed by atoms with Crippen LogP contribution in [0.5, 0.6) is 11.5 Å². The van der Waals surface area contributed by atoms with Crippen molar-refractivity contribution in [3.63, 3.8) is 0 Å². The molecule has 3 rings (SSSR count). The van der Waals surface area contributed by atoms with Crippen LogP contribution in [0, 0.1) is 0 Å². The Morgan fingerprint density at radius 3 is 2.55 bits per heavy atom. The van der Waals surface area contributed by atoms with Crippen LogP contribution in [0.4, 0.5) is 0 Å². The summed E-state index contributed by atoms with van der Waals surface area (Å²) in [5, 5.41) is 1.12. The van der Waals surface area contributed by atoms with Gasteiger partial charge in [-0.3, -0.25) is 9.69 Å². The minimum Gasteiger partial charge on any atom is -0.490 e. The first-order valence-electron chi connectivity index (χ1n) is 8.92. The number of halogens is 2. The zero-order valence-electron chi connectivity index (χ0n) is 16.2. The molecular formula is C21H20BrClN2O3S. The number of thiocarbonyl (C=S) groups is 1. The van der Waals surface area contributed by atoms with Gasteiger partial charge in [0.2, 0.25) is 0 Å². The Balaban J connectivity index is 1.91. The predicted octanol–water partition coefficient (Wildman–Crippen LogP) is 5.11. The maximum absolute atomic E-state index is 12.4. The molecule has 1 saturated heterocycles. The van der Waals surface area contributed by atoms with E-state index in [0.29, 0.717) is 40.5 Å². The number of nitrogens with zero attached hydrogens (tertiary/aromatic N) is 2. The van der Waals surface area contributed by atoms with E-state index in [1.807, 2.05) is 43.3 Å². The molecule has 0 N–H and O–H groups in total. The van der Waals surface area contributed by atoms with Gasteiger partial charge in [-0.2, -0.15) is 0 Å². The van der Waals surface area contributed by atoms with Crippen molar-refractivity contribution in [2.45, 2.75) is 13.5 Å². The summed E-state index contributed by atoms with van der Waals surface area (Å²) in [6, 6.07) is 11.2. The third kappa shape index (κ3) is 4.74. The lowest BCUT2D eigenvalue weighted by molar-refractivity contribution is -0.121. The first kappa shape index (κ1) is 21.6. The first-order valence-corrected chi connectivity index (χ1v) is 10.5. The molecule has 1 fully saturated rings. The van der Waals surface area contributed by atoms with E-state index in [0.717, 1.165) is 15.6 Å². The van der Waals surface area contributed by atoms with Crippen LogP contribution in [-0.2, 0) is 11.4 Å². The normalized spacial score (nSPS) is 15.4. The van der Waals surface area contributed by atoms with Crippen LogP contribution in [0.3, 0.4) is 0 Å². The molecule has 8 heteroatoms. The van der Waals surface area contributed by atoms with Gasteiger partial charge in [0.05, 0.1) is 11.1 Å². The molecule has 1 aliphatic rings. The molecule has 0 aliphatic carbocycles. The van der Waals surface area contributed by atoms with E-state index in [9.17, 15) is 4.79 Å². The summed E-state index contributed by atoms with van der Waals surface area (Å²) in [6.45, 7) is 2.73. The number of hydrogen-bond donors (Lipinski definition) is 0. The monoisotopic (exact) mass is 494 g/mol. The van der Waals surface area contributed by atoms with E-state index in [1.54, 1.807) is 25.1 Å². The molecule has 152 valence electrons. The highest BCUT2D eigenvalue weighted by atomic mass is 79.9. The van der Waals surface area contributed by atoms with Gasteiger partial charge in [0.1, 0.15) is 12.3 Å². The molecule has 0 bridgehead atoms. The van der Waals surface area contributed by atoms with Gasteiger partial charge in [0.15, 0.2) is 16.6 Å². The van der Waals surface area contributed by atoms with Crippen molar-refractivity contribution in [2.24, 2.45) is 0 Å². The van der Waals surface area contributed by atoms with Crippen LogP contribution in [0.1, 0.15) is 18.1 Å². The number of benzene rings is 2. The first-order chi connectivity index (χ1) is 13.8. The largest absolute Gasteiger partial charge is 0.490 e. The maximum Gasteiger partial charge on any atom is 0.276 e. The summed E-state index contributed by atoms with van der Waals surface area (Å²) in [6.07, 6.45) is 1.78. The number of carbonyl (C=O) groups excluding carboxylic acids is 1. The van der Waals surface area contributed by atoms with Gasteiger partial charge in [-0.15, -0.1) is 0 Å². The highest BCUT2D eigenvalue weighted by molar-refractivity contribution is 9.10. The van der Waals surface area contributed by atoms with Gasteiger partial charge in [-0.05, 0) is 76.5 Å². The molecule has 0 unspecified atom stereocenters. The van der Waals surface area contributed by atoms with Crippen molar-refractivity contribution in [1.29, 1.82) is 0 Å².